The second-order valence-electron chi connectivity index (χ2n) is 5.47. The molecular weight excluding hydrogens is 347 g/mol. The minimum atomic E-state index is -0.677. The SMILES string of the molecule is C=C1NC(=O)N[C@@H](c2ccccc2Cl)[C@@H]1C(=O)c1ccc(Cl)cc1. The zero-order valence-electron chi connectivity index (χ0n) is 12.6. The van der Waals surface area contributed by atoms with Crippen LogP contribution < -0.4 is 10.6 Å². The van der Waals surface area contributed by atoms with Crippen LogP contribution in [0, 0.1) is 5.92 Å². The number of nitrogens with one attached hydrogen (secondary N) is 2. The fourth-order valence-electron chi connectivity index (χ4n) is 2.77. The van der Waals surface area contributed by atoms with Gasteiger partial charge in [-0.1, -0.05) is 48.0 Å². The molecule has 1 aliphatic rings. The van der Waals surface area contributed by atoms with Crippen LogP contribution in [0.2, 0.25) is 10.0 Å². The van der Waals surface area contributed by atoms with Gasteiger partial charge in [0, 0.05) is 21.3 Å². The lowest BCUT2D eigenvalue weighted by Crippen LogP contribution is -2.50. The van der Waals surface area contributed by atoms with E-state index in [0.29, 0.717) is 26.9 Å². The lowest BCUT2D eigenvalue weighted by Gasteiger charge is -2.34. The van der Waals surface area contributed by atoms with E-state index in [-0.39, 0.29) is 5.78 Å². The predicted molar refractivity (Wildman–Crippen MR) is 94.3 cm³/mol. The second-order valence-corrected chi connectivity index (χ2v) is 6.32. The summed E-state index contributed by atoms with van der Waals surface area (Å²) in [7, 11) is 0. The summed E-state index contributed by atoms with van der Waals surface area (Å²) >= 11 is 12.1. The molecule has 0 bridgehead atoms. The van der Waals surface area contributed by atoms with Gasteiger partial charge in [0.25, 0.3) is 0 Å². The van der Waals surface area contributed by atoms with Crippen molar-refractivity contribution < 1.29 is 9.59 Å². The summed E-state index contributed by atoms with van der Waals surface area (Å²) < 4.78 is 0. The normalized spacial score (nSPS) is 20.2. The van der Waals surface area contributed by atoms with Gasteiger partial charge in [-0.25, -0.2) is 4.79 Å². The third kappa shape index (κ3) is 3.16. The Bertz CT molecular complexity index is 818. The molecule has 1 saturated heterocycles. The molecule has 2 amide bonds. The average Bonchev–Trinajstić information content (AvgIpc) is 2.55. The van der Waals surface area contributed by atoms with Gasteiger partial charge in [0.2, 0.25) is 0 Å². The maximum Gasteiger partial charge on any atom is 0.319 e. The van der Waals surface area contributed by atoms with Crippen molar-refractivity contribution in [2.75, 3.05) is 0 Å². The van der Waals surface area contributed by atoms with Crippen molar-refractivity contribution in [3.8, 4) is 0 Å². The first-order chi connectivity index (χ1) is 11.5. The highest BCUT2D eigenvalue weighted by molar-refractivity contribution is 6.31. The number of benzene rings is 2. The van der Waals surface area contributed by atoms with Gasteiger partial charge in [0.05, 0.1) is 12.0 Å². The molecule has 1 aliphatic heterocycles. The number of Topliss-reactive ketones (excluding diaryl/α,β-unsaturated/α-hetero) is 1. The monoisotopic (exact) mass is 360 g/mol. The van der Waals surface area contributed by atoms with Crippen LogP contribution in [0.1, 0.15) is 22.0 Å². The van der Waals surface area contributed by atoms with Crippen molar-refractivity contribution in [1.29, 1.82) is 0 Å². The third-order valence-corrected chi connectivity index (χ3v) is 4.52. The highest BCUT2D eigenvalue weighted by atomic mass is 35.5. The molecule has 0 aliphatic carbocycles. The Morgan fingerprint density at radius 1 is 1.04 bits per heavy atom. The Hall–Kier alpha value is -2.30. The van der Waals surface area contributed by atoms with E-state index in [9.17, 15) is 9.59 Å². The minimum absolute atomic E-state index is 0.172. The number of hydrogen-bond acceptors (Lipinski definition) is 2. The summed E-state index contributed by atoms with van der Waals surface area (Å²) in [5, 5.41) is 6.37. The van der Waals surface area contributed by atoms with E-state index in [4.69, 9.17) is 23.2 Å². The molecule has 1 fully saturated rings. The van der Waals surface area contributed by atoms with Crippen molar-refractivity contribution in [3.05, 3.63) is 82.0 Å². The van der Waals surface area contributed by atoms with Gasteiger partial charge >= 0.3 is 6.03 Å². The fraction of sp³-hybridized carbons (Fsp3) is 0.111. The smallest absolute Gasteiger partial charge is 0.319 e. The van der Waals surface area contributed by atoms with Crippen LogP contribution in [0.3, 0.4) is 0 Å². The number of hydrogen-bond donors (Lipinski definition) is 2. The molecule has 0 aromatic heterocycles. The summed E-state index contributed by atoms with van der Waals surface area (Å²) in [6, 6.07) is 12.7. The number of carbonyl (C=O) groups is 2. The standard InChI is InChI=1S/C18H14Cl2N2O2/c1-10-15(17(23)11-6-8-12(19)9-7-11)16(22-18(24)21-10)13-4-2-3-5-14(13)20/h2-9,15-16H,1H2,(H2,21,22,24)/t15-,16+/m1/s1. The molecule has 1 heterocycles. The molecule has 122 valence electrons. The minimum Gasteiger partial charge on any atom is -0.330 e. The van der Waals surface area contributed by atoms with E-state index < -0.39 is 18.0 Å². The lowest BCUT2D eigenvalue weighted by molar-refractivity contribution is 0.0905. The molecule has 2 N–H and O–H groups in total. The molecule has 3 rings (SSSR count). The molecule has 2 aromatic carbocycles. The first-order valence-corrected chi connectivity index (χ1v) is 8.03. The van der Waals surface area contributed by atoms with Gasteiger partial charge in [-0.05, 0) is 35.9 Å². The first-order valence-electron chi connectivity index (χ1n) is 7.28. The van der Waals surface area contributed by atoms with Crippen molar-refractivity contribution in [2.24, 2.45) is 5.92 Å². The van der Waals surface area contributed by atoms with Crippen LogP contribution in [-0.2, 0) is 0 Å². The largest absolute Gasteiger partial charge is 0.330 e. The molecular formula is C18H14Cl2N2O2. The van der Waals surface area contributed by atoms with Crippen molar-refractivity contribution in [3.63, 3.8) is 0 Å². The average molecular weight is 361 g/mol. The number of carbonyl (C=O) groups excluding carboxylic acids is 2. The Labute approximate surface area is 149 Å². The van der Waals surface area contributed by atoms with Crippen molar-refractivity contribution >= 4 is 35.0 Å². The Morgan fingerprint density at radius 3 is 2.38 bits per heavy atom. The fourth-order valence-corrected chi connectivity index (χ4v) is 3.15. The topological polar surface area (TPSA) is 58.2 Å². The summed E-state index contributed by atoms with van der Waals surface area (Å²) in [5.74, 6) is -0.849. The molecule has 0 radical (unpaired) electrons. The van der Waals surface area contributed by atoms with Crippen LogP contribution in [-0.4, -0.2) is 11.8 Å². The van der Waals surface area contributed by atoms with Gasteiger partial charge in [-0.15, -0.1) is 0 Å². The van der Waals surface area contributed by atoms with E-state index in [1.807, 2.05) is 6.07 Å². The zero-order chi connectivity index (χ0) is 17.3. The Morgan fingerprint density at radius 2 is 1.71 bits per heavy atom. The van der Waals surface area contributed by atoms with Gasteiger partial charge in [0.1, 0.15) is 0 Å². The molecule has 24 heavy (non-hydrogen) atoms. The molecule has 0 saturated carbocycles. The zero-order valence-corrected chi connectivity index (χ0v) is 14.1. The quantitative estimate of drug-likeness (QED) is 0.798. The molecule has 2 atom stereocenters. The van der Waals surface area contributed by atoms with Gasteiger partial charge in [-0.2, -0.15) is 0 Å². The van der Waals surface area contributed by atoms with Crippen LogP contribution >= 0.6 is 23.2 Å². The molecule has 4 nitrogen and oxygen atoms in total. The summed E-state index contributed by atoms with van der Waals surface area (Å²) in [5.41, 5.74) is 1.49. The maximum atomic E-state index is 13.0. The second kappa shape index (κ2) is 6.67. The van der Waals surface area contributed by atoms with Crippen LogP contribution in [0.25, 0.3) is 0 Å². The van der Waals surface area contributed by atoms with E-state index >= 15 is 0 Å². The molecule has 6 heteroatoms. The van der Waals surface area contributed by atoms with Crippen LogP contribution in [0.5, 0.6) is 0 Å². The first kappa shape index (κ1) is 16.6. The Kier molecular flexibility index (Phi) is 4.60. The van der Waals surface area contributed by atoms with E-state index in [0.717, 1.165) is 0 Å². The lowest BCUT2D eigenvalue weighted by atomic mass is 9.83. The van der Waals surface area contributed by atoms with Gasteiger partial charge in [-0.3, -0.25) is 4.79 Å². The summed E-state index contributed by atoms with van der Waals surface area (Å²) in [6.07, 6.45) is 0. The van der Waals surface area contributed by atoms with E-state index in [1.165, 1.54) is 0 Å². The summed E-state index contributed by atoms with van der Waals surface area (Å²) in [4.78, 5) is 24.8. The predicted octanol–water partition coefficient (Wildman–Crippen LogP) is 4.36. The van der Waals surface area contributed by atoms with Crippen LogP contribution in [0.15, 0.2) is 60.8 Å². The number of urea groups is 1. The number of ketones is 1. The van der Waals surface area contributed by atoms with Gasteiger partial charge < -0.3 is 10.6 Å². The van der Waals surface area contributed by atoms with Gasteiger partial charge in [0.15, 0.2) is 5.78 Å². The van der Waals surface area contributed by atoms with E-state index in [1.54, 1.807) is 42.5 Å². The maximum absolute atomic E-state index is 13.0. The number of halogens is 2. The summed E-state index contributed by atoms with van der Waals surface area (Å²) in [6.45, 7) is 3.85. The number of rotatable bonds is 3. The third-order valence-electron chi connectivity index (χ3n) is 3.92. The molecule has 2 aromatic rings. The number of amides is 2. The molecule has 0 spiro atoms. The Balaban J connectivity index is 2.02. The van der Waals surface area contributed by atoms with E-state index in [2.05, 4.69) is 17.2 Å². The highest BCUT2D eigenvalue weighted by Crippen LogP contribution is 2.35. The van der Waals surface area contributed by atoms with Crippen molar-refractivity contribution in [2.45, 2.75) is 6.04 Å². The van der Waals surface area contributed by atoms with Crippen LogP contribution in [0.4, 0.5) is 4.79 Å². The molecule has 0 unspecified atom stereocenters. The van der Waals surface area contributed by atoms with Crippen molar-refractivity contribution in [1.82, 2.24) is 10.6 Å². The highest BCUT2D eigenvalue weighted by Gasteiger charge is 2.38.